The Morgan fingerprint density at radius 1 is 1.00 bits per heavy atom. The van der Waals surface area contributed by atoms with Crippen LogP contribution in [-0.2, 0) is 0 Å². The number of nitrogens with zero attached hydrogens (tertiary/aromatic N) is 3. The fourth-order valence-corrected chi connectivity index (χ4v) is 1.99. The molecule has 0 atom stereocenters. The maximum atomic E-state index is 4.62. The number of benzene rings is 1. The first-order chi connectivity index (χ1) is 9.24. The van der Waals surface area contributed by atoms with E-state index in [0.29, 0.717) is 0 Å². The molecule has 0 aliphatic rings. The summed E-state index contributed by atoms with van der Waals surface area (Å²) in [7, 11) is 0. The normalized spacial score (nSPS) is 10.1. The van der Waals surface area contributed by atoms with Crippen molar-refractivity contribution >= 4 is 10.9 Å². The molecule has 0 unspecified atom stereocenters. The third-order valence-corrected chi connectivity index (χ3v) is 2.87. The van der Waals surface area contributed by atoms with Gasteiger partial charge in [0.05, 0.1) is 11.2 Å². The van der Waals surface area contributed by atoms with E-state index in [4.69, 9.17) is 0 Å². The molecule has 0 saturated heterocycles. The second-order valence-corrected chi connectivity index (χ2v) is 4.22. The summed E-state index contributed by atoms with van der Waals surface area (Å²) in [5.41, 5.74) is 3.23. The van der Waals surface area contributed by atoms with Gasteiger partial charge in [0, 0.05) is 11.6 Å². The topological polar surface area (TPSA) is 30.7 Å². The van der Waals surface area contributed by atoms with Crippen LogP contribution in [-0.4, -0.2) is 14.8 Å². The van der Waals surface area contributed by atoms with Gasteiger partial charge in [-0.1, -0.05) is 32.0 Å². The number of rotatable bonds is 1. The predicted octanol–water partition coefficient (Wildman–Crippen LogP) is 4.06. The molecule has 0 aliphatic carbocycles. The predicted molar refractivity (Wildman–Crippen MR) is 79.7 cm³/mol. The van der Waals surface area contributed by atoms with Crippen LogP contribution in [0.1, 0.15) is 25.1 Å². The van der Waals surface area contributed by atoms with Crippen LogP contribution in [0.5, 0.6) is 0 Å². The third kappa shape index (κ3) is 2.65. The van der Waals surface area contributed by atoms with E-state index in [-0.39, 0.29) is 0 Å². The fraction of sp³-hybridized carbons (Fsp3) is 0.250. The van der Waals surface area contributed by atoms with E-state index < -0.39 is 0 Å². The summed E-state index contributed by atoms with van der Waals surface area (Å²) in [6, 6.07) is 12.2. The van der Waals surface area contributed by atoms with E-state index in [0.717, 1.165) is 17.0 Å². The van der Waals surface area contributed by atoms with Gasteiger partial charge < -0.3 is 0 Å². The summed E-state index contributed by atoms with van der Waals surface area (Å²) in [6.45, 7) is 8.08. The van der Waals surface area contributed by atoms with Gasteiger partial charge in [-0.05, 0) is 37.6 Å². The highest BCUT2D eigenvalue weighted by Crippen LogP contribution is 2.19. The Kier molecular flexibility index (Phi) is 3.95. The van der Waals surface area contributed by atoms with Crippen LogP contribution in [0.15, 0.2) is 42.6 Å². The number of aromatic nitrogens is 3. The van der Waals surface area contributed by atoms with Gasteiger partial charge in [-0.25, -0.2) is 9.67 Å². The van der Waals surface area contributed by atoms with Gasteiger partial charge in [0.25, 0.3) is 0 Å². The molecule has 0 aliphatic heterocycles. The van der Waals surface area contributed by atoms with Gasteiger partial charge >= 0.3 is 0 Å². The Hall–Kier alpha value is -2.16. The summed E-state index contributed by atoms with van der Waals surface area (Å²) in [5, 5.41) is 5.58. The van der Waals surface area contributed by atoms with Gasteiger partial charge in [-0.3, -0.25) is 0 Å². The van der Waals surface area contributed by atoms with Gasteiger partial charge in [-0.15, -0.1) is 0 Å². The second-order valence-electron chi connectivity index (χ2n) is 4.22. The molecule has 0 bridgehead atoms. The second kappa shape index (κ2) is 5.65. The van der Waals surface area contributed by atoms with Crippen molar-refractivity contribution in [1.29, 1.82) is 0 Å². The first-order valence-electron chi connectivity index (χ1n) is 6.63. The van der Waals surface area contributed by atoms with Gasteiger partial charge in [0.2, 0.25) is 0 Å². The van der Waals surface area contributed by atoms with E-state index in [1.807, 2.05) is 55.9 Å². The highest BCUT2D eigenvalue weighted by molar-refractivity contribution is 5.82. The third-order valence-electron chi connectivity index (χ3n) is 2.87. The Bertz CT molecular complexity index is 683. The molecule has 0 fully saturated rings. The molecule has 19 heavy (non-hydrogen) atoms. The SMILES string of the molecule is CC.Cc1ccn(-c2cc(C)c3ccccc3n2)n1. The van der Waals surface area contributed by atoms with E-state index in [9.17, 15) is 0 Å². The zero-order valence-corrected chi connectivity index (χ0v) is 11.9. The van der Waals surface area contributed by atoms with Gasteiger partial charge in [0.15, 0.2) is 5.82 Å². The Labute approximate surface area is 113 Å². The van der Waals surface area contributed by atoms with Crippen LogP contribution in [0.3, 0.4) is 0 Å². The maximum Gasteiger partial charge on any atom is 0.154 e. The van der Waals surface area contributed by atoms with Gasteiger partial charge in [-0.2, -0.15) is 5.10 Å². The van der Waals surface area contributed by atoms with E-state index >= 15 is 0 Å². The molecule has 3 nitrogen and oxygen atoms in total. The molecule has 2 heterocycles. The zero-order chi connectivity index (χ0) is 13.8. The first-order valence-corrected chi connectivity index (χ1v) is 6.63. The number of fused-ring (bicyclic) bond motifs is 1. The van der Waals surface area contributed by atoms with Crippen molar-refractivity contribution in [2.75, 3.05) is 0 Å². The molecule has 0 radical (unpaired) electrons. The van der Waals surface area contributed by atoms with E-state index in [1.54, 1.807) is 0 Å². The summed E-state index contributed by atoms with van der Waals surface area (Å²) in [5.74, 6) is 0.870. The molecule has 0 saturated carbocycles. The molecule has 98 valence electrons. The Balaban J connectivity index is 0.000000637. The monoisotopic (exact) mass is 253 g/mol. The molecule has 0 spiro atoms. The van der Waals surface area contributed by atoms with Crippen molar-refractivity contribution in [2.24, 2.45) is 0 Å². The molecule has 3 aromatic rings. The molecular formula is C16H19N3. The molecule has 0 amide bonds. The summed E-state index contributed by atoms with van der Waals surface area (Å²) >= 11 is 0. The number of hydrogen-bond donors (Lipinski definition) is 0. The minimum Gasteiger partial charge on any atom is -0.229 e. The van der Waals surface area contributed by atoms with Crippen LogP contribution >= 0.6 is 0 Å². The fourth-order valence-electron chi connectivity index (χ4n) is 1.99. The van der Waals surface area contributed by atoms with Crippen LogP contribution in [0.25, 0.3) is 16.7 Å². The number of aryl methyl sites for hydroxylation is 2. The van der Waals surface area contributed by atoms with Crippen molar-refractivity contribution in [3.63, 3.8) is 0 Å². The largest absolute Gasteiger partial charge is 0.229 e. The molecule has 3 heteroatoms. The van der Waals surface area contributed by atoms with Crippen molar-refractivity contribution in [1.82, 2.24) is 14.8 Å². The average Bonchev–Trinajstić information content (AvgIpc) is 2.88. The highest BCUT2D eigenvalue weighted by Gasteiger charge is 2.04. The molecule has 0 N–H and O–H groups in total. The Morgan fingerprint density at radius 2 is 1.74 bits per heavy atom. The summed E-state index contributed by atoms with van der Waals surface area (Å²) < 4.78 is 1.81. The van der Waals surface area contributed by atoms with Crippen molar-refractivity contribution in [3.05, 3.63) is 53.9 Å². The smallest absolute Gasteiger partial charge is 0.154 e. The molecule has 2 aromatic heterocycles. The molecule has 1 aromatic carbocycles. The first kappa shape index (κ1) is 13.3. The van der Waals surface area contributed by atoms with Crippen molar-refractivity contribution in [3.8, 4) is 5.82 Å². The lowest BCUT2D eigenvalue weighted by atomic mass is 10.1. The lowest BCUT2D eigenvalue weighted by Gasteiger charge is -2.06. The van der Waals surface area contributed by atoms with Gasteiger partial charge in [0.1, 0.15) is 0 Å². The number of hydrogen-bond acceptors (Lipinski definition) is 2. The lowest BCUT2D eigenvalue weighted by molar-refractivity contribution is 0.836. The van der Waals surface area contributed by atoms with Crippen LogP contribution in [0.2, 0.25) is 0 Å². The minimum absolute atomic E-state index is 0.870. The maximum absolute atomic E-state index is 4.62. The van der Waals surface area contributed by atoms with Crippen molar-refractivity contribution < 1.29 is 0 Å². The van der Waals surface area contributed by atoms with Crippen LogP contribution < -0.4 is 0 Å². The Morgan fingerprint density at radius 3 is 2.42 bits per heavy atom. The quantitative estimate of drug-likeness (QED) is 0.654. The summed E-state index contributed by atoms with van der Waals surface area (Å²) in [6.07, 6.45) is 1.94. The highest BCUT2D eigenvalue weighted by atomic mass is 15.3. The molecular weight excluding hydrogens is 234 g/mol. The molecule has 3 rings (SSSR count). The lowest BCUT2D eigenvalue weighted by Crippen LogP contribution is -1.99. The number of para-hydroxylation sites is 1. The number of pyridine rings is 1. The van der Waals surface area contributed by atoms with E-state index in [2.05, 4.69) is 29.1 Å². The summed E-state index contributed by atoms with van der Waals surface area (Å²) in [4.78, 5) is 4.62. The minimum atomic E-state index is 0.870. The van der Waals surface area contributed by atoms with Crippen molar-refractivity contribution in [2.45, 2.75) is 27.7 Å². The van der Waals surface area contributed by atoms with Crippen LogP contribution in [0, 0.1) is 13.8 Å². The standard InChI is InChI=1S/C14H13N3.C2H6/c1-10-9-14(17-8-7-11(2)16-17)15-13-6-4-3-5-12(10)13;1-2/h3-9H,1-2H3;1-2H3. The van der Waals surface area contributed by atoms with Crippen LogP contribution in [0.4, 0.5) is 0 Å². The average molecular weight is 253 g/mol. The zero-order valence-electron chi connectivity index (χ0n) is 11.9. The van der Waals surface area contributed by atoms with E-state index in [1.165, 1.54) is 10.9 Å².